The van der Waals surface area contributed by atoms with Crippen molar-refractivity contribution in [1.82, 2.24) is 5.32 Å². The summed E-state index contributed by atoms with van der Waals surface area (Å²) in [5.74, 6) is -0.147. The predicted octanol–water partition coefficient (Wildman–Crippen LogP) is 3.08. The zero-order chi connectivity index (χ0) is 14.7. The number of halogens is 1. The normalized spacial score (nSPS) is 21.7. The van der Waals surface area contributed by atoms with Crippen LogP contribution >= 0.6 is 0 Å². The van der Waals surface area contributed by atoms with Gasteiger partial charge in [0.05, 0.1) is 6.10 Å². The van der Waals surface area contributed by atoms with Gasteiger partial charge in [-0.3, -0.25) is 0 Å². The van der Waals surface area contributed by atoms with Crippen LogP contribution in [0.5, 0.6) is 0 Å². The van der Waals surface area contributed by atoms with Crippen molar-refractivity contribution >= 4 is 5.69 Å². The van der Waals surface area contributed by atoms with Crippen molar-refractivity contribution in [3.05, 3.63) is 29.6 Å². The molecule has 0 aromatic heterocycles. The number of ether oxygens (including phenoxy) is 1. The lowest BCUT2D eigenvalue weighted by Crippen LogP contribution is -2.32. The molecule has 21 heavy (non-hydrogen) atoms. The fourth-order valence-electron chi connectivity index (χ4n) is 2.92. The minimum atomic E-state index is -0.147. The van der Waals surface area contributed by atoms with Crippen LogP contribution in [0.4, 0.5) is 10.1 Å². The second kappa shape index (κ2) is 6.75. The summed E-state index contributed by atoms with van der Waals surface area (Å²) in [5.41, 5.74) is 2.00. The molecule has 0 spiro atoms. The van der Waals surface area contributed by atoms with Gasteiger partial charge in [-0.1, -0.05) is 0 Å². The molecule has 1 saturated heterocycles. The quantitative estimate of drug-likeness (QED) is 0.836. The molecule has 2 fully saturated rings. The third-order valence-electron chi connectivity index (χ3n) is 4.31. The molecule has 1 N–H and O–H groups in total. The molecular formula is C17H25FN2O. The summed E-state index contributed by atoms with van der Waals surface area (Å²) < 4.78 is 19.6. The van der Waals surface area contributed by atoms with E-state index in [4.69, 9.17) is 4.74 Å². The number of nitrogens with one attached hydrogen (secondary N) is 1. The van der Waals surface area contributed by atoms with Gasteiger partial charge in [-0.05, 0) is 56.4 Å². The smallest absolute Gasteiger partial charge is 0.125 e. The zero-order valence-electron chi connectivity index (χ0n) is 12.8. The second-order valence-corrected chi connectivity index (χ2v) is 6.15. The molecule has 1 aromatic rings. The molecule has 0 radical (unpaired) electrons. The van der Waals surface area contributed by atoms with Crippen LogP contribution in [-0.4, -0.2) is 31.8 Å². The van der Waals surface area contributed by atoms with Gasteiger partial charge in [0, 0.05) is 38.0 Å². The Morgan fingerprint density at radius 2 is 2.14 bits per heavy atom. The van der Waals surface area contributed by atoms with Gasteiger partial charge in [0.15, 0.2) is 0 Å². The maximum absolute atomic E-state index is 13.9. The van der Waals surface area contributed by atoms with E-state index in [1.165, 1.54) is 12.8 Å². The average molecular weight is 292 g/mol. The summed E-state index contributed by atoms with van der Waals surface area (Å²) in [5, 5.41) is 3.45. The molecule has 116 valence electrons. The molecule has 1 aromatic carbocycles. The minimum absolute atomic E-state index is 0.147. The number of likely N-dealkylation sites (N-methyl/N-ethyl adjacent to an activating group) is 1. The fraction of sp³-hybridized carbons (Fsp3) is 0.647. The van der Waals surface area contributed by atoms with E-state index in [0.29, 0.717) is 12.1 Å². The average Bonchev–Trinajstić information content (AvgIpc) is 3.17. The Bertz CT molecular complexity index is 470. The van der Waals surface area contributed by atoms with E-state index in [9.17, 15) is 4.39 Å². The maximum Gasteiger partial charge on any atom is 0.125 e. The number of anilines is 1. The number of hydrogen-bond donors (Lipinski definition) is 1. The highest BCUT2D eigenvalue weighted by Gasteiger charge is 2.21. The first-order valence-corrected chi connectivity index (χ1v) is 8.14. The fourth-order valence-corrected chi connectivity index (χ4v) is 2.92. The van der Waals surface area contributed by atoms with E-state index in [0.717, 1.165) is 50.3 Å². The van der Waals surface area contributed by atoms with E-state index < -0.39 is 0 Å². The second-order valence-electron chi connectivity index (χ2n) is 6.15. The van der Waals surface area contributed by atoms with Crippen molar-refractivity contribution in [1.29, 1.82) is 0 Å². The van der Waals surface area contributed by atoms with E-state index in [-0.39, 0.29) is 5.82 Å². The first-order valence-electron chi connectivity index (χ1n) is 8.14. The highest BCUT2D eigenvalue weighted by atomic mass is 19.1. The molecule has 1 atom stereocenters. The molecule has 1 unspecified atom stereocenters. The summed E-state index contributed by atoms with van der Waals surface area (Å²) in [6.45, 7) is 5.46. The number of benzene rings is 1. The SMILES string of the molecule is CCN(CC1CCCO1)c1cc(F)cc(CNC2CC2)c1. The van der Waals surface area contributed by atoms with Crippen molar-refractivity contribution in [3.63, 3.8) is 0 Å². The molecule has 1 saturated carbocycles. The lowest BCUT2D eigenvalue weighted by Gasteiger charge is -2.26. The van der Waals surface area contributed by atoms with Crippen LogP contribution in [0.25, 0.3) is 0 Å². The Balaban J connectivity index is 1.68. The summed E-state index contributed by atoms with van der Waals surface area (Å²) in [7, 11) is 0. The Hall–Kier alpha value is -1.13. The molecule has 3 nitrogen and oxygen atoms in total. The molecule has 3 rings (SSSR count). The number of hydrogen-bond acceptors (Lipinski definition) is 3. The summed E-state index contributed by atoms with van der Waals surface area (Å²) >= 11 is 0. The lowest BCUT2D eigenvalue weighted by atomic mass is 10.1. The molecule has 1 heterocycles. The van der Waals surface area contributed by atoms with E-state index in [2.05, 4.69) is 23.2 Å². The van der Waals surface area contributed by atoms with Gasteiger partial charge in [-0.2, -0.15) is 0 Å². The van der Waals surface area contributed by atoms with Crippen molar-refractivity contribution in [2.75, 3.05) is 24.6 Å². The van der Waals surface area contributed by atoms with Crippen LogP contribution in [0.15, 0.2) is 18.2 Å². The predicted molar refractivity (Wildman–Crippen MR) is 83.1 cm³/mol. The van der Waals surface area contributed by atoms with Gasteiger partial charge in [0.1, 0.15) is 5.82 Å². The Morgan fingerprint density at radius 1 is 1.29 bits per heavy atom. The molecule has 2 aliphatic rings. The van der Waals surface area contributed by atoms with E-state index in [1.807, 2.05) is 0 Å². The van der Waals surface area contributed by atoms with Gasteiger partial charge in [-0.15, -0.1) is 0 Å². The standard InChI is InChI=1S/C17H25FN2O/c1-2-20(12-17-4-3-7-21-17)16-9-13(8-14(18)10-16)11-19-15-5-6-15/h8-10,15,17,19H,2-7,11-12H2,1H3. The first-order chi connectivity index (χ1) is 10.2. The van der Waals surface area contributed by atoms with Crippen molar-refractivity contribution in [3.8, 4) is 0 Å². The Morgan fingerprint density at radius 3 is 2.81 bits per heavy atom. The molecule has 4 heteroatoms. The van der Waals surface area contributed by atoms with Gasteiger partial charge in [0.2, 0.25) is 0 Å². The third kappa shape index (κ3) is 4.17. The number of rotatable bonds is 7. The van der Waals surface area contributed by atoms with Crippen molar-refractivity contribution < 1.29 is 9.13 Å². The molecule has 1 aliphatic carbocycles. The summed E-state index contributed by atoms with van der Waals surface area (Å²) in [6.07, 6.45) is 5.05. The monoisotopic (exact) mass is 292 g/mol. The van der Waals surface area contributed by atoms with E-state index in [1.54, 1.807) is 12.1 Å². The van der Waals surface area contributed by atoms with Crippen LogP contribution in [0.2, 0.25) is 0 Å². The van der Waals surface area contributed by atoms with Gasteiger partial charge >= 0.3 is 0 Å². The highest BCUT2D eigenvalue weighted by molar-refractivity contribution is 5.49. The molecule has 0 amide bonds. The van der Waals surface area contributed by atoms with Gasteiger partial charge in [-0.25, -0.2) is 4.39 Å². The van der Waals surface area contributed by atoms with Crippen LogP contribution in [0, 0.1) is 5.82 Å². The highest BCUT2D eigenvalue weighted by Crippen LogP contribution is 2.23. The zero-order valence-corrected chi connectivity index (χ0v) is 12.8. The van der Waals surface area contributed by atoms with Crippen LogP contribution in [0.1, 0.15) is 38.2 Å². The molecular weight excluding hydrogens is 267 g/mol. The third-order valence-corrected chi connectivity index (χ3v) is 4.31. The maximum atomic E-state index is 13.9. The first kappa shape index (κ1) is 14.8. The van der Waals surface area contributed by atoms with Crippen LogP contribution in [0.3, 0.4) is 0 Å². The van der Waals surface area contributed by atoms with Crippen molar-refractivity contribution in [2.45, 2.75) is 51.3 Å². The summed E-state index contributed by atoms with van der Waals surface area (Å²) in [4.78, 5) is 2.22. The van der Waals surface area contributed by atoms with Gasteiger partial charge < -0.3 is 15.0 Å². The van der Waals surface area contributed by atoms with E-state index >= 15 is 0 Å². The topological polar surface area (TPSA) is 24.5 Å². The molecule has 1 aliphatic heterocycles. The van der Waals surface area contributed by atoms with Gasteiger partial charge in [0.25, 0.3) is 0 Å². The Kier molecular flexibility index (Phi) is 4.76. The Labute approximate surface area is 126 Å². The van der Waals surface area contributed by atoms with Crippen molar-refractivity contribution in [2.24, 2.45) is 0 Å². The largest absolute Gasteiger partial charge is 0.376 e. The van der Waals surface area contributed by atoms with Crippen LogP contribution in [-0.2, 0) is 11.3 Å². The lowest BCUT2D eigenvalue weighted by molar-refractivity contribution is 0.115. The summed E-state index contributed by atoms with van der Waals surface area (Å²) in [6, 6.07) is 6.03. The number of nitrogens with zero attached hydrogens (tertiary/aromatic N) is 1. The minimum Gasteiger partial charge on any atom is -0.376 e. The molecule has 0 bridgehead atoms. The van der Waals surface area contributed by atoms with Crippen LogP contribution < -0.4 is 10.2 Å².